The van der Waals surface area contributed by atoms with Crippen molar-refractivity contribution in [2.45, 2.75) is 64.3 Å². The first-order valence-corrected chi connectivity index (χ1v) is 12.5. The van der Waals surface area contributed by atoms with Gasteiger partial charge in [0.25, 0.3) is 11.5 Å². The van der Waals surface area contributed by atoms with Crippen molar-refractivity contribution in [1.29, 1.82) is 0 Å². The molecule has 1 amide bonds. The van der Waals surface area contributed by atoms with Crippen LogP contribution in [-0.4, -0.2) is 26.7 Å². The molecule has 3 aromatic rings. The number of H-pyrrole nitrogens is 1. The van der Waals surface area contributed by atoms with Crippen LogP contribution < -0.4 is 10.9 Å². The Hall–Kier alpha value is -3.48. The summed E-state index contributed by atoms with van der Waals surface area (Å²) in [4.78, 5) is 27.5. The summed E-state index contributed by atoms with van der Waals surface area (Å²) >= 11 is 0. The summed E-state index contributed by atoms with van der Waals surface area (Å²) in [5.74, 6) is 0.0908. The number of aromatic amines is 1. The van der Waals surface area contributed by atoms with Crippen LogP contribution in [0.15, 0.2) is 64.7 Å². The van der Waals surface area contributed by atoms with Gasteiger partial charge in [0, 0.05) is 30.1 Å². The maximum absolute atomic E-state index is 13.4. The highest BCUT2D eigenvalue weighted by molar-refractivity contribution is 5.93. The van der Waals surface area contributed by atoms with Crippen molar-refractivity contribution in [1.82, 2.24) is 20.1 Å². The SMILES string of the molecule is CCCC(C[C@H]1CCC2=C1[C@@H](C)c1cnn(-c3ccc(F)cc3)c1C2)NC(=O)c1ccc[nH]c1=O. The smallest absolute Gasteiger partial charge is 0.260 e. The minimum atomic E-state index is -0.363. The lowest BCUT2D eigenvalue weighted by Gasteiger charge is -2.29. The Balaban J connectivity index is 1.35. The molecule has 0 aliphatic heterocycles. The van der Waals surface area contributed by atoms with Crippen LogP contribution in [-0.2, 0) is 6.42 Å². The number of carbonyl (C=O) groups excluding carboxylic acids is 1. The van der Waals surface area contributed by atoms with Gasteiger partial charge in [0.05, 0.1) is 17.6 Å². The fraction of sp³-hybridized carbons (Fsp3) is 0.393. The van der Waals surface area contributed by atoms with Crippen molar-refractivity contribution in [3.63, 3.8) is 0 Å². The first-order chi connectivity index (χ1) is 17.0. The molecule has 0 bridgehead atoms. The lowest BCUT2D eigenvalue weighted by atomic mass is 9.78. The van der Waals surface area contributed by atoms with E-state index in [0.717, 1.165) is 44.2 Å². The first-order valence-electron chi connectivity index (χ1n) is 12.5. The Morgan fingerprint density at radius 2 is 2.09 bits per heavy atom. The molecule has 6 nitrogen and oxygen atoms in total. The highest BCUT2D eigenvalue weighted by Crippen LogP contribution is 2.48. The van der Waals surface area contributed by atoms with Gasteiger partial charge in [-0.15, -0.1) is 0 Å². The predicted molar refractivity (Wildman–Crippen MR) is 133 cm³/mol. The highest BCUT2D eigenvalue weighted by Gasteiger charge is 2.37. The zero-order chi connectivity index (χ0) is 24.5. The molecule has 0 radical (unpaired) electrons. The average Bonchev–Trinajstić information content (AvgIpc) is 3.45. The van der Waals surface area contributed by atoms with Gasteiger partial charge in [-0.1, -0.05) is 31.4 Å². The molecule has 1 unspecified atom stereocenters. The monoisotopic (exact) mass is 474 g/mol. The van der Waals surface area contributed by atoms with Gasteiger partial charge < -0.3 is 10.3 Å². The topological polar surface area (TPSA) is 79.8 Å². The van der Waals surface area contributed by atoms with E-state index in [-0.39, 0.29) is 34.8 Å². The van der Waals surface area contributed by atoms with E-state index in [2.05, 4.69) is 29.2 Å². The highest BCUT2D eigenvalue weighted by atomic mass is 19.1. The van der Waals surface area contributed by atoms with Crippen molar-refractivity contribution in [2.75, 3.05) is 0 Å². The van der Waals surface area contributed by atoms with Crippen molar-refractivity contribution >= 4 is 5.91 Å². The van der Waals surface area contributed by atoms with Gasteiger partial charge in [0.2, 0.25) is 0 Å². The Morgan fingerprint density at radius 3 is 2.83 bits per heavy atom. The van der Waals surface area contributed by atoms with E-state index in [0.29, 0.717) is 5.92 Å². The summed E-state index contributed by atoms with van der Waals surface area (Å²) in [7, 11) is 0. The summed E-state index contributed by atoms with van der Waals surface area (Å²) in [6, 6.07) is 9.73. The molecule has 0 saturated carbocycles. The number of nitrogens with one attached hydrogen (secondary N) is 2. The number of nitrogens with zero attached hydrogens (tertiary/aromatic N) is 2. The third-order valence-electron chi connectivity index (χ3n) is 7.53. The number of aromatic nitrogens is 3. The molecule has 5 rings (SSSR count). The third kappa shape index (κ3) is 4.47. The number of hydrogen-bond donors (Lipinski definition) is 2. The van der Waals surface area contributed by atoms with E-state index in [9.17, 15) is 14.0 Å². The van der Waals surface area contributed by atoms with E-state index in [4.69, 9.17) is 0 Å². The molecule has 0 saturated heterocycles. The van der Waals surface area contributed by atoms with Crippen molar-refractivity contribution in [2.24, 2.45) is 5.92 Å². The zero-order valence-electron chi connectivity index (χ0n) is 20.2. The second-order valence-electron chi connectivity index (χ2n) is 9.74. The Kier molecular flexibility index (Phi) is 6.41. The van der Waals surface area contributed by atoms with Gasteiger partial charge in [-0.05, 0) is 68.0 Å². The molecule has 2 aliphatic carbocycles. The number of carbonyl (C=O) groups is 1. The third-order valence-corrected chi connectivity index (χ3v) is 7.53. The van der Waals surface area contributed by atoms with Crippen molar-refractivity contribution < 1.29 is 9.18 Å². The van der Waals surface area contributed by atoms with Gasteiger partial charge in [-0.3, -0.25) is 9.59 Å². The Morgan fingerprint density at radius 1 is 1.29 bits per heavy atom. The standard InChI is InChI=1S/C28H31FN4O2/c1-3-5-21(32-28(35)23-6-4-13-30-27(23)34)14-18-7-8-19-15-25-24(17(2)26(18)19)16-31-33(25)22-11-9-20(29)10-12-22/h4,6,9-13,16-18,21H,3,5,7-8,14-15H2,1-2H3,(H,30,34)(H,32,35)/t17-,18+,21?/m0/s1. The van der Waals surface area contributed by atoms with Gasteiger partial charge in [0.1, 0.15) is 11.4 Å². The number of benzene rings is 1. The second-order valence-corrected chi connectivity index (χ2v) is 9.74. The zero-order valence-corrected chi connectivity index (χ0v) is 20.2. The fourth-order valence-electron chi connectivity index (χ4n) is 5.94. The van der Waals surface area contributed by atoms with Gasteiger partial charge in [-0.25, -0.2) is 9.07 Å². The molecule has 1 aromatic carbocycles. The van der Waals surface area contributed by atoms with Gasteiger partial charge >= 0.3 is 0 Å². The van der Waals surface area contributed by atoms with Gasteiger partial charge in [-0.2, -0.15) is 5.10 Å². The Bertz CT molecular complexity index is 1320. The quantitative estimate of drug-likeness (QED) is 0.470. The molecule has 7 heteroatoms. The molecule has 182 valence electrons. The number of amides is 1. The summed E-state index contributed by atoms with van der Waals surface area (Å²) in [6.07, 6.45) is 9.16. The number of allylic oxidation sites excluding steroid dienone is 2. The van der Waals surface area contributed by atoms with Crippen LogP contribution in [0.4, 0.5) is 4.39 Å². The van der Waals surface area contributed by atoms with Crippen molar-refractivity contribution in [3.05, 3.63) is 92.9 Å². The van der Waals surface area contributed by atoms with E-state index in [1.807, 2.05) is 10.9 Å². The number of fused-ring (bicyclic) bond motifs is 1. The van der Waals surface area contributed by atoms with E-state index < -0.39 is 0 Å². The van der Waals surface area contributed by atoms with Crippen LogP contribution in [0.2, 0.25) is 0 Å². The molecule has 0 spiro atoms. The minimum Gasteiger partial charge on any atom is -0.349 e. The second kappa shape index (κ2) is 9.64. The van der Waals surface area contributed by atoms with Gasteiger partial charge in [0.15, 0.2) is 0 Å². The van der Waals surface area contributed by atoms with E-state index in [1.54, 1.807) is 24.3 Å². The van der Waals surface area contributed by atoms with Crippen LogP contribution in [0.25, 0.3) is 5.69 Å². The van der Waals surface area contributed by atoms with E-state index >= 15 is 0 Å². The minimum absolute atomic E-state index is 0.0134. The van der Waals surface area contributed by atoms with Crippen LogP contribution in [0, 0.1) is 11.7 Å². The summed E-state index contributed by atoms with van der Waals surface area (Å²) < 4.78 is 15.4. The lowest BCUT2D eigenvalue weighted by molar-refractivity contribution is 0.0928. The normalized spacial score (nSPS) is 19.9. The number of hydrogen-bond acceptors (Lipinski definition) is 3. The van der Waals surface area contributed by atoms with E-state index in [1.165, 1.54) is 40.7 Å². The number of rotatable bonds is 7. The average molecular weight is 475 g/mol. The molecular weight excluding hydrogens is 443 g/mol. The molecular formula is C28H31FN4O2. The van der Waals surface area contributed by atoms with Crippen LogP contribution in [0.3, 0.4) is 0 Å². The summed E-state index contributed by atoms with van der Waals surface area (Å²) in [5.41, 5.74) is 6.04. The van der Waals surface area contributed by atoms with Crippen LogP contribution >= 0.6 is 0 Å². The fourth-order valence-corrected chi connectivity index (χ4v) is 5.94. The largest absolute Gasteiger partial charge is 0.349 e. The molecule has 0 fully saturated rings. The molecule has 3 atom stereocenters. The summed E-state index contributed by atoms with van der Waals surface area (Å²) in [6.45, 7) is 4.37. The number of pyridine rings is 1. The molecule has 2 N–H and O–H groups in total. The molecule has 2 heterocycles. The van der Waals surface area contributed by atoms with Crippen LogP contribution in [0.1, 0.15) is 73.5 Å². The predicted octanol–water partition coefficient (Wildman–Crippen LogP) is 5.05. The maximum atomic E-state index is 13.4. The molecule has 2 aliphatic rings. The maximum Gasteiger partial charge on any atom is 0.260 e. The molecule has 35 heavy (non-hydrogen) atoms. The lowest BCUT2D eigenvalue weighted by Crippen LogP contribution is -2.38. The Labute approximate surface area is 204 Å². The first kappa shape index (κ1) is 23.3. The summed E-state index contributed by atoms with van der Waals surface area (Å²) in [5, 5.41) is 7.78. The number of halogens is 1. The van der Waals surface area contributed by atoms with Crippen LogP contribution in [0.5, 0.6) is 0 Å². The molecule has 2 aromatic heterocycles. The van der Waals surface area contributed by atoms with Crippen molar-refractivity contribution in [3.8, 4) is 5.69 Å².